The van der Waals surface area contributed by atoms with E-state index < -0.39 is 9.84 Å². The van der Waals surface area contributed by atoms with Crippen LogP contribution in [0.3, 0.4) is 0 Å². The van der Waals surface area contributed by atoms with Gasteiger partial charge in [0.25, 0.3) is 0 Å². The first-order chi connectivity index (χ1) is 8.42. The van der Waals surface area contributed by atoms with E-state index in [9.17, 15) is 13.5 Å². The van der Waals surface area contributed by atoms with Crippen molar-refractivity contribution in [3.63, 3.8) is 0 Å². The minimum absolute atomic E-state index is 0.0386. The van der Waals surface area contributed by atoms with Crippen LogP contribution in [0.25, 0.3) is 0 Å². The topological polar surface area (TPSA) is 57.6 Å². The Morgan fingerprint density at radius 2 is 2.11 bits per heavy atom. The number of sulfone groups is 1. The van der Waals surface area contributed by atoms with E-state index >= 15 is 0 Å². The van der Waals surface area contributed by atoms with E-state index in [1.54, 1.807) is 0 Å². The molecular weight excluding hydrogens is 250 g/mol. The van der Waals surface area contributed by atoms with E-state index in [4.69, 9.17) is 0 Å². The van der Waals surface area contributed by atoms with Gasteiger partial charge >= 0.3 is 0 Å². The normalized spacial score (nSPS) is 30.6. The summed E-state index contributed by atoms with van der Waals surface area (Å²) in [7, 11) is -2.88. The van der Waals surface area contributed by atoms with E-state index in [1.807, 2.05) is 0 Å². The lowest BCUT2D eigenvalue weighted by Crippen LogP contribution is -2.47. The Bertz CT molecular complexity index is 378. The van der Waals surface area contributed by atoms with E-state index in [-0.39, 0.29) is 17.8 Å². The first-order valence-corrected chi connectivity index (χ1v) is 8.99. The second kappa shape index (κ2) is 5.47. The molecule has 0 aromatic rings. The molecule has 1 saturated heterocycles. The van der Waals surface area contributed by atoms with E-state index in [0.29, 0.717) is 6.54 Å². The molecule has 0 aromatic heterocycles. The summed E-state index contributed by atoms with van der Waals surface area (Å²) in [4.78, 5) is 2.23. The zero-order valence-electron chi connectivity index (χ0n) is 11.3. The van der Waals surface area contributed by atoms with Crippen LogP contribution >= 0.6 is 0 Å². The number of nitrogens with zero attached hydrogens (tertiary/aromatic N) is 1. The van der Waals surface area contributed by atoms with Crippen LogP contribution in [0.5, 0.6) is 0 Å². The average Bonchev–Trinajstić information content (AvgIpc) is 3.10. The summed E-state index contributed by atoms with van der Waals surface area (Å²) in [5.74, 6) is 1.05. The van der Waals surface area contributed by atoms with Crippen LogP contribution in [0.1, 0.15) is 32.1 Å². The highest BCUT2D eigenvalue weighted by atomic mass is 32.2. The van der Waals surface area contributed by atoms with Gasteiger partial charge in [0.2, 0.25) is 0 Å². The Morgan fingerprint density at radius 1 is 1.39 bits per heavy atom. The SMILES string of the molecule is CS(=O)(=O)CCN1CCC[C@](CO)(CC2CC2)C1. The zero-order valence-corrected chi connectivity index (χ0v) is 12.1. The van der Waals surface area contributed by atoms with Gasteiger partial charge in [-0.2, -0.15) is 0 Å². The van der Waals surface area contributed by atoms with Crippen molar-refractivity contribution in [3.8, 4) is 0 Å². The summed E-state index contributed by atoms with van der Waals surface area (Å²) in [5, 5.41) is 9.72. The lowest BCUT2D eigenvalue weighted by atomic mass is 9.76. The summed E-state index contributed by atoms with van der Waals surface area (Å²) >= 11 is 0. The molecule has 2 fully saturated rings. The quantitative estimate of drug-likeness (QED) is 0.782. The third kappa shape index (κ3) is 4.21. The van der Waals surface area contributed by atoms with Gasteiger partial charge in [0.05, 0.1) is 5.75 Å². The Hall–Kier alpha value is -0.130. The van der Waals surface area contributed by atoms with Crippen molar-refractivity contribution in [2.75, 3.05) is 38.2 Å². The van der Waals surface area contributed by atoms with Gasteiger partial charge < -0.3 is 10.0 Å². The van der Waals surface area contributed by atoms with Crippen molar-refractivity contribution < 1.29 is 13.5 Å². The maximum atomic E-state index is 11.2. The molecule has 1 heterocycles. The largest absolute Gasteiger partial charge is 0.396 e. The molecule has 106 valence electrons. The van der Waals surface area contributed by atoms with Crippen LogP contribution in [0.2, 0.25) is 0 Å². The molecule has 0 bridgehead atoms. The number of aliphatic hydroxyl groups is 1. The minimum Gasteiger partial charge on any atom is -0.396 e. The van der Waals surface area contributed by atoms with Crippen LogP contribution in [0, 0.1) is 11.3 Å². The molecule has 0 spiro atoms. The molecule has 5 heteroatoms. The van der Waals surface area contributed by atoms with Gasteiger partial charge in [-0.3, -0.25) is 0 Å². The van der Waals surface area contributed by atoms with Crippen LogP contribution in [0.15, 0.2) is 0 Å². The smallest absolute Gasteiger partial charge is 0.148 e. The van der Waals surface area contributed by atoms with Crippen LogP contribution in [0.4, 0.5) is 0 Å². The molecule has 0 radical (unpaired) electrons. The van der Waals surface area contributed by atoms with E-state index in [0.717, 1.165) is 38.3 Å². The molecular formula is C13H25NO3S. The molecule has 4 nitrogen and oxygen atoms in total. The zero-order chi connectivity index (χ0) is 13.2. The number of aliphatic hydroxyl groups excluding tert-OH is 1. The molecule has 1 aliphatic heterocycles. The summed E-state index contributed by atoms with van der Waals surface area (Å²) in [6.45, 7) is 2.71. The van der Waals surface area contributed by atoms with E-state index in [1.165, 1.54) is 19.1 Å². The number of likely N-dealkylation sites (tertiary alicyclic amines) is 1. The van der Waals surface area contributed by atoms with Gasteiger partial charge in [-0.05, 0) is 31.7 Å². The van der Waals surface area contributed by atoms with Gasteiger partial charge in [0, 0.05) is 31.4 Å². The maximum absolute atomic E-state index is 11.2. The third-order valence-electron chi connectivity index (χ3n) is 4.27. The maximum Gasteiger partial charge on any atom is 0.148 e. The lowest BCUT2D eigenvalue weighted by Gasteiger charge is -2.42. The van der Waals surface area contributed by atoms with Crippen molar-refractivity contribution in [3.05, 3.63) is 0 Å². The average molecular weight is 275 g/mol. The summed E-state index contributed by atoms with van der Waals surface area (Å²) < 4.78 is 22.4. The minimum atomic E-state index is -2.88. The van der Waals surface area contributed by atoms with Crippen molar-refractivity contribution in [2.45, 2.75) is 32.1 Å². The van der Waals surface area contributed by atoms with Crippen LogP contribution < -0.4 is 0 Å². The summed E-state index contributed by atoms with van der Waals surface area (Å²) in [6, 6.07) is 0. The monoisotopic (exact) mass is 275 g/mol. The molecule has 18 heavy (non-hydrogen) atoms. The summed E-state index contributed by atoms with van der Waals surface area (Å²) in [5.41, 5.74) is 0.0386. The predicted molar refractivity (Wildman–Crippen MR) is 72.2 cm³/mol. The number of piperidine rings is 1. The van der Waals surface area contributed by atoms with Crippen molar-refractivity contribution in [2.24, 2.45) is 11.3 Å². The van der Waals surface area contributed by atoms with E-state index in [2.05, 4.69) is 4.90 Å². The highest BCUT2D eigenvalue weighted by Gasteiger charge is 2.39. The molecule has 1 saturated carbocycles. The highest BCUT2D eigenvalue weighted by molar-refractivity contribution is 7.90. The second-order valence-electron chi connectivity index (χ2n) is 6.32. The van der Waals surface area contributed by atoms with Gasteiger partial charge in [-0.15, -0.1) is 0 Å². The highest BCUT2D eigenvalue weighted by Crippen LogP contribution is 2.44. The van der Waals surface area contributed by atoms with Gasteiger partial charge in [-0.1, -0.05) is 12.8 Å². The van der Waals surface area contributed by atoms with Gasteiger partial charge in [-0.25, -0.2) is 8.42 Å². The third-order valence-corrected chi connectivity index (χ3v) is 5.20. The fourth-order valence-corrected chi connectivity index (χ4v) is 3.68. The first kappa shape index (κ1) is 14.3. The van der Waals surface area contributed by atoms with Crippen LogP contribution in [-0.2, 0) is 9.84 Å². The van der Waals surface area contributed by atoms with Crippen molar-refractivity contribution in [1.82, 2.24) is 4.90 Å². The molecule has 2 aliphatic rings. The Balaban J connectivity index is 1.89. The second-order valence-corrected chi connectivity index (χ2v) is 8.57. The standard InChI is InChI=1S/C13H25NO3S/c1-18(16,17)8-7-14-6-2-5-13(10-14,11-15)9-12-3-4-12/h12,15H,2-11H2,1H3/t13-/m0/s1. The molecule has 0 aromatic carbocycles. The lowest BCUT2D eigenvalue weighted by molar-refractivity contribution is 0.0239. The molecule has 0 amide bonds. The van der Waals surface area contributed by atoms with Gasteiger partial charge in [0.1, 0.15) is 9.84 Å². The fourth-order valence-electron chi connectivity index (χ4n) is 3.09. The predicted octanol–water partition coefficient (Wildman–Crippen LogP) is 0.906. The summed E-state index contributed by atoms with van der Waals surface area (Å²) in [6.07, 6.45) is 7.21. The molecule has 1 atom stereocenters. The number of rotatable bonds is 6. The fraction of sp³-hybridized carbons (Fsp3) is 1.00. The molecule has 2 rings (SSSR count). The number of hydrogen-bond donors (Lipinski definition) is 1. The molecule has 1 aliphatic carbocycles. The van der Waals surface area contributed by atoms with Crippen molar-refractivity contribution in [1.29, 1.82) is 0 Å². The first-order valence-electron chi connectivity index (χ1n) is 6.93. The Kier molecular flexibility index (Phi) is 4.34. The van der Waals surface area contributed by atoms with Gasteiger partial charge in [0.15, 0.2) is 0 Å². The molecule has 1 N–H and O–H groups in total. The number of hydrogen-bond acceptors (Lipinski definition) is 4. The molecule has 0 unspecified atom stereocenters. The van der Waals surface area contributed by atoms with Crippen molar-refractivity contribution >= 4 is 9.84 Å². The Morgan fingerprint density at radius 3 is 2.67 bits per heavy atom. The van der Waals surface area contributed by atoms with Crippen LogP contribution in [-0.4, -0.2) is 56.7 Å². The Labute approximate surface area is 110 Å².